The summed E-state index contributed by atoms with van der Waals surface area (Å²) in [6.07, 6.45) is -0.605. The first-order valence-electron chi connectivity index (χ1n) is 5.66. The maximum atomic E-state index is 11.0. The molecule has 98 valence electrons. The predicted octanol–water partition coefficient (Wildman–Crippen LogP) is 1.18. The molecule has 2 N–H and O–H groups in total. The normalized spacial score (nSPS) is 13.7. The van der Waals surface area contributed by atoms with Crippen LogP contribution in [0.15, 0.2) is 30.3 Å². The maximum absolute atomic E-state index is 11.0. The summed E-state index contributed by atoms with van der Waals surface area (Å²) in [6.45, 7) is 3.21. The van der Waals surface area contributed by atoms with Gasteiger partial charge in [-0.05, 0) is 12.5 Å². The zero-order valence-electron chi connectivity index (χ0n) is 10.4. The highest BCUT2D eigenvalue weighted by molar-refractivity contribution is 5.82. The number of hydrogen-bond acceptors (Lipinski definition) is 3. The summed E-state index contributed by atoms with van der Waals surface area (Å²) in [5.74, 6) is -1.50. The van der Waals surface area contributed by atoms with Crippen LogP contribution in [0.2, 0.25) is 0 Å². The van der Waals surface area contributed by atoms with Crippen molar-refractivity contribution in [3.8, 4) is 0 Å². The van der Waals surface area contributed by atoms with Gasteiger partial charge in [0.05, 0.1) is 12.7 Å². The maximum Gasteiger partial charge on any atom is 0.328 e. The molecule has 0 spiro atoms. The molecule has 0 saturated heterocycles. The summed E-state index contributed by atoms with van der Waals surface area (Å²) in [5.41, 5.74) is 0.955. The van der Waals surface area contributed by atoms with Gasteiger partial charge in [-0.15, -0.1) is 0 Å². The van der Waals surface area contributed by atoms with Gasteiger partial charge in [0, 0.05) is 6.92 Å². The number of benzene rings is 1. The molecule has 0 heterocycles. The van der Waals surface area contributed by atoms with Gasteiger partial charge in [-0.2, -0.15) is 0 Å². The van der Waals surface area contributed by atoms with E-state index in [4.69, 9.17) is 9.84 Å². The fraction of sp³-hybridized carbons (Fsp3) is 0.385. The van der Waals surface area contributed by atoms with Crippen molar-refractivity contribution in [2.24, 2.45) is 0 Å². The number of carboxylic acid groups (broad SMARTS) is 1. The lowest BCUT2D eigenvalue weighted by molar-refractivity contribution is -0.146. The van der Waals surface area contributed by atoms with Crippen molar-refractivity contribution in [1.29, 1.82) is 0 Å². The molecule has 5 heteroatoms. The van der Waals surface area contributed by atoms with Gasteiger partial charge >= 0.3 is 5.97 Å². The third kappa shape index (κ3) is 4.55. The number of aliphatic carboxylic acids is 1. The average molecular weight is 251 g/mol. The van der Waals surface area contributed by atoms with E-state index in [2.05, 4.69) is 5.32 Å². The highest BCUT2D eigenvalue weighted by Crippen LogP contribution is 2.06. The van der Waals surface area contributed by atoms with Gasteiger partial charge < -0.3 is 15.2 Å². The first kappa shape index (κ1) is 14.2. The quantitative estimate of drug-likeness (QED) is 0.796. The molecular formula is C13H17NO4. The highest BCUT2D eigenvalue weighted by atomic mass is 16.5. The molecular weight excluding hydrogens is 234 g/mol. The second kappa shape index (κ2) is 6.76. The first-order valence-corrected chi connectivity index (χ1v) is 5.66. The van der Waals surface area contributed by atoms with Crippen molar-refractivity contribution in [3.05, 3.63) is 35.9 Å². The van der Waals surface area contributed by atoms with Crippen molar-refractivity contribution in [2.75, 3.05) is 0 Å². The summed E-state index contributed by atoms with van der Waals surface area (Å²) in [6, 6.07) is 8.40. The van der Waals surface area contributed by atoms with Crippen LogP contribution in [0.3, 0.4) is 0 Å². The fourth-order valence-electron chi connectivity index (χ4n) is 1.50. The van der Waals surface area contributed by atoms with Gasteiger partial charge in [0.25, 0.3) is 0 Å². The number of carbonyl (C=O) groups is 2. The molecule has 18 heavy (non-hydrogen) atoms. The molecule has 0 bridgehead atoms. The van der Waals surface area contributed by atoms with Crippen LogP contribution in [0.1, 0.15) is 19.4 Å². The Hall–Kier alpha value is -1.88. The van der Waals surface area contributed by atoms with Crippen LogP contribution in [0.25, 0.3) is 0 Å². The van der Waals surface area contributed by atoms with Crippen LogP contribution in [0.4, 0.5) is 0 Å². The molecule has 0 aliphatic rings. The van der Waals surface area contributed by atoms with Crippen molar-refractivity contribution < 1.29 is 19.4 Å². The lowest BCUT2D eigenvalue weighted by Crippen LogP contribution is -2.47. The molecule has 2 unspecified atom stereocenters. The first-order chi connectivity index (χ1) is 8.50. The van der Waals surface area contributed by atoms with E-state index in [-0.39, 0.29) is 0 Å². The highest BCUT2D eigenvalue weighted by Gasteiger charge is 2.26. The van der Waals surface area contributed by atoms with E-state index in [0.29, 0.717) is 6.61 Å². The Morgan fingerprint density at radius 2 is 1.94 bits per heavy atom. The second-order valence-electron chi connectivity index (χ2n) is 4.02. The summed E-state index contributed by atoms with van der Waals surface area (Å²) in [4.78, 5) is 21.9. The zero-order chi connectivity index (χ0) is 13.5. The van der Waals surface area contributed by atoms with Crippen LogP contribution in [-0.2, 0) is 20.9 Å². The number of hydrogen-bond donors (Lipinski definition) is 2. The predicted molar refractivity (Wildman–Crippen MR) is 65.9 cm³/mol. The minimum absolute atomic E-state index is 0.311. The average Bonchev–Trinajstić information content (AvgIpc) is 2.34. The van der Waals surface area contributed by atoms with Crippen LogP contribution >= 0.6 is 0 Å². The Morgan fingerprint density at radius 3 is 2.44 bits per heavy atom. The Labute approximate surface area is 106 Å². The number of carbonyl (C=O) groups excluding carboxylic acids is 1. The zero-order valence-corrected chi connectivity index (χ0v) is 10.4. The number of amides is 1. The van der Waals surface area contributed by atoms with Gasteiger partial charge in [0.15, 0.2) is 6.04 Å². The summed E-state index contributed by atoms with van der Waals surface area (Å²) < 4.78 is 5.46. The van der Waals surface area contributed by atoms with Crippen molar-refractivity contribution in [2.45, 2.75) is 32.6 Å². The number of ether oxygens (including phenoxy) is 1. The second-order valence-corrected chi connectivity index (χ2v) is 4.02. The summed E-state index contributed by atoms with van der Waals surface area (Å²) in [5, 5.41) is 11.3. The summed E-state index contributed by atoms with van der Waals surface area (Å²) >= 11 is 0. The molecule has 0 aliphatic carbocycles. The minimum atomic E-state index is -1.11. The molecule has 1 aromatic carbocycles. The van der Waals surface area contributed by atoms with Crippen molar-refractivity contribution in [3.63, 3.8) is 0 Å². The monoisotopic (exact) mass is 251 g/mol. The van der Waals surface area contributed by atoms with Crippen molar-refractivity contribution >= 4 is 11.9 Å². The molecule has 1 rings (SSSR count). The van der Waals surface area contributed by atoms with E-state index in [0.717, 1.165) is 5.56 Å². The number of carboxylic acids is 1. The van der Waals surface area contributed by atoms with Crippen LogP contribution in [0, 0.1) is 0 Å². The molecule has 0 radical (unpaired) electrons. The van der Waals surface area contributed by atoms with Gasteiger partial charge in [-0.25, -0.2) is 4.79 Å². The van der Waals surface area contributed by atoms with Gasteiger partial charge in [0.1, 0.15) is 0 Å². The lowest BCUT2D eigenvalue weighted by Gasteiger charge is -2.21. The van der Waals surface area contributed by atoms with Crippen LogP contribution < -0.4 is 5.32 Å². The largest absolute Gasteiger partial charge is 0.480 e. The Morgan fingerprint density at radius 1 is 1.33 bits per heavy atom. The molecule has 1 amide bonds. The molecule has 0 saturated carbocycles. The Kier molecular flexibility index (Phi) is 5.32. The fourth-order valence-corrected chi connectivity index (χ4v) is 1.50. The Balaban J connectivity index is 2.54. The standard InChI is InChI=1S/C13H17NO4/c1-9(12(13(16)17)14-10(2)15)18-8-11-6-4-3-5-7-11/h3-7,9,12H,8H2,1-2H3,(H,14,15)(H,16,17). The molecule has 5 nitrogen and oxygen atoms in total. The minimum Gasteiger partial charge on any atom is -0.480 e. The lowest BCUT2D eigenvalue weighted by atomic mass is 10.1. The van der Waals surface area contributed by atoms with E-state index in [1.165, 1.54) is 6.92 Å². The van der Waals surface area contributed by atoms with Crippen LogP contribution in [-0.4, -0.2) is 29.1 Å². The molecule has 1 aromatic rings. The number of nitrogens with one attached hydrogen (secondary N) is 1. The molecule has 0 aromatic heterocycles. The number of rotatable bonds is 6. The molecule has 0 fully saturated rings. The van der Waals surface area contributed by atoms with E-state index in [1.54, 1.807) is 6.92 Å². The molecule has 0 aliphatic heterocycles. The van der Waals surface area contributed by atoms with Crippen molar-refractivity contribution in [1.82, 2.24) is 5.32 Å². The Bertz CT molecular complexity index is 405. The third-order valence-corrected chi connectivity index (χ3v) is 2.45. The van der Waals surface area contributed by atoms with Crippen LogP contribution in [0.5, 0.6) is 0 Å². The van der Waals surface area contributed by atoms with E-state index in [9.17, 15) is 9.59 Å². The van der Waals surface area contributed by atoms with E-state index < -0.39 is 24.0 Å². The van der Waals surface area contributed by atoms with Gasteiger partial charge in [-0.3, -0.25) is 4.79 Å². The topological polar surface area (TPSA) is 75.6 Å². The SMILES string of the molecule is CC(=O)NC(C(=O)O)C(C)OCc1ccccc1. The van der Waals surface area contributed by atoms with Gasteiger partial charge in [0.2, 0.25) is 5.91 Å². The van der Waals surface area contributed by atoms with Gasteiger partial charge in [-0.1, -0.05) is 30.3 Å². The summed E-state index contributed by atoms with van der Waals surface area (Å²) in [7, 11) is 0. The molecule has 2 atom stereocenters. The third-order valence-electron chi connectivity index (χ3n) is 2.45. The van der Waals surface area contributed by atoms with E-state index in [1.807, 2.05) is 30.3 Å². The van der Waals surface area contributed by atoms with E-state index >= 15 is 0 Å². The smallest absolute Gasteiger partial charge is 0.328 e.